The van der Waals surface area contributed by atoms with Crippen LogP contribution in [0, 0.1) is 5.82 Å². The maximum Gasteiger partial charge on any atom is 0.165 e. The molecule has 106 valence electrons. The van der Waals surface area contributed by atoms with E-state index in [9.17, 15) is 4.39 Å². The summed E-state index contributed by atoms with van der Waals surface area (Å²) < 4.78 is 19.6. The van der Waals surface area contributed by atoms with Crippen molar-refractivity contribution in [3.8, 4) is 5.75 Å². The zero-order valence-electron chi connectivity index (χ0n) is 11.9. The van der Waals surface area contributed by atoms with Crippen LogP contribution in [0.5, 0.6) is 5.75 Å². The number of benzene rings is 2. The van der Waals surface area contributed by atoms with Gasteiger partial charge in [-0.1, -0.05) is 42.5 Å². The molecular weight excluding hydrogens is 253 g/mol. The second kappa shape index (κ2) is 7.06. The Morgan fingerprint density at radius 2 is 1.65 bits per heavy atom. The Balaban J connectivity index is 2.16. The number of ether oxygens (including phenoxy) is 1. The Morgan fingerprint density at radius 1 is 1.00 bits per heavy atom. The smallest absolute Gasteiger partial charge is 0.165 e. The lowest BCUT2D eigenvalue weighted by Crippen LogP contribution is -2.19. The van der Waals surface area contributed by atoms with Crippen LogP contribution < -0.4 is 4.74 Å². The van der Waals surface area contributed by atoms with E-state index in [-0.39, 0.29) is 11.9 Å². The highest BCUT2D eigenvalue weighted by Crippen LogP contribution is 2.26. The summed E-state index contributed by atoms with van der Waals surface area (Å²) in [5.41, 5.74) is 1.07. The molecule has 2 aromatic rings. The minimum Gasteiger partial charge on any atom is -0.483 e. The molecule has 0 aliphatic heterocycles. The topological polar surface area (TPSA) is 12.5 Å². The molecule has 20 heavy (non-hydrogen) atoms. The summed E-state index contributed by atoms with van der Waals surface area (Å²) in [6.07, 6.45) is 0.668. The van der Waals surface area contributed by atoms with Gasteiger partial charge in [-0.2, -0.15) is 0 Å². The van der Waals surface area contributed by atoms with Crippen LogP contribution in [0.3, 0.4) is 0 Å². The van der Waals surface area contributed by atoms with Crippen molar-refractivity contribution in [3.63, 3.8) is 0 Å². The summed E-state index contributed by atoms with van der Waals surface area (Å²) >= 11 is 0. The summed E-state index contributed by atoms with van der Waals surface area (Å²) in [5.74, 6) is -0.0154. The summed E-state index contributed by atoms with van der Waals surface area (Å²) in [6, 6.07) is 16.5. The first-order valence-corrected chi connectivity index (χ1v) is 6.77. The fraction of sp³-hybridized carbons (Fsp3) is 0.294. The Bertz CT molecular complexity index is 528. The van der Waals surface area contributed by atoms with Gasteiger partial charge in [-0.25, -0.2) is 4.39 Å². The third kappa shape index (κ3) is 4.07. The highest BCUT2D eigenvalue weighted by molar-refractivity contribution is 5.26. The average Bonchev–Trinajstić information content (AvgIpc) is 2.46. The van der Waals surface area contributed by atoms with Crippen molar-refractivity contribution in [2.45, 2.75) is 12.5 Å². The van der Waals surface area contributed by atoms with Gasteiger partial charge in [0.25, 0.3) is 0 Å². The highest BCUT2D eigenvalue weighted by atomic mass is 19.1. The van der Waals surface area contributed by atoms with E-state index in [4.69, 9.17) is 4.74 Å². The monoisotopic (exact) mass is 273 g/mol. The summed E-state index contributed by atoms with van der Waals surface area (Å²) in [7, 11) is 4.04. The molecule has 2 rings (SSSR count). The number of hydrogen-bond acceptors (Lipinski definition) is 2. The molecule has 2 aromatic carbocycles. The van der Waals surface area contributed by atoms with Crippen molar-refractivity contribution in [3.05, 3.63) is 66.0 Å². The van der Waals surface area contributed by atoms with Gasteiger partial charge in [0.15, 0.2) is 11.6 Å². The van der Waals surface area contributed by atoms with Gasteiger partial charge in [0.2, 0.25) is 0 Å². The molecule has 0 radical (unpaired) electrons. The molecule has 0 amide bonds. The molecule has 3 heteroatoms. The maximum atomic E-state index is 13.7. The first kappa shape index (κ1) is 14.5. The van der Waals surface area contributed by atoms with Gasteiger partial charge < -0.3 is 9.64 Å². The van der Waals surface area contributed by atoms with Crippen LogP contribution in [0.25, 0.3) is 0 Å². The van der Waals surface area contributed by atoms with Crippen LogP contribution >= 0.6 is 0 Å². The number of hydrogen-bond donors (Lipinski definition) is 0. The van der Waals surface area contributed by atoms with E-state index >= 15 is 0 Å². The van der Waals surface area contributed by atoms with Gasteiger partial charge in [0.1, 0.15) is 6.10 Å². The Morgan fingerprint density at radius 3 is 2.30 bits per heavy atom. The second-order valence-corrected chi connectivity index (χ2v) is 5.04. The molecule has 1 unspecified atom stereocenters. The van der Waals surface area contributed by atoms with Gasteiger partial charge in [-0.3, -0.25) is 0 Å². The lowest BCUT2D eigenvalue weighted by molar-refractivity contribution is 0.172. The van der Waals surface area contributed by atoms with E-state index in [1.165, 1.54) is 6.07 Å². The predicted molar refractivity (Wildman–Crippen MR) is 79.4 cm³/mol. The minimum atomic E-state index is -0.321. The van der Waals surface area contributed by atoms with Crippen LogP contribution in [0.15, 0.2) is 54.6 Å². The van der Waals surface area contributed by atoms with Gasteiger partial charge in [-0.15, -0.1) is 0 Å². The highest BCUT2D eigenvalue weighted by Gasteiger charge is 2.15. The quantitative estimate of drug-likeness (QED) is 0.791. The number of nitrogens with zero attached hydrogens (tertiary/aromatic N) is 1. The third-order valence-electron chi connectivity index (χ3n) is 3.12. The summed E-state index contributed by atoms with van der Waals surface area (Å²) in [6.45, 7) is 0.883. The zero-order valence-corrected chi connectivity index (χ0v) is 11.9. The second-order valence-electron chi connectivity index (χ2n) is 5.04. The van der Waals surface area contributed by atoms with Crippen molar-refractivity contribution in [1.82, 2.24) is 4.90 Å². The summed E-state index contributed by atoms with van der Waals surface area (Å²) in [5, 5.41) is 0. The Kier molecular flexibility index (Phi) is 5.13. The predicted octanol–water partition coefficient (Wildman–Crippen LogP) is 3.90. The molecule has 2 nitrogen and oxygen atoms in total. The molecule has 1 atom stereocenters. The van der Waals surface area contributed by atoms with Crippen molar-refractivity contribution in [2.24, 2.45) is 0 Å². The van der Waals surface area contributed by atoms with E-state index < -0.39 is 0 Å². The molecule has 0 spiro atoms. The van der Waals surface area contributed by atoms with Gasteiger partial charge in [-0.05, 0) is 31.8 Å². The fourth-order valence-corrected chi connectivity index (χ4v) is 2.03. The first-order valence-electron chi connectivity index (χ1n) is 6.77. The normalized spacial score (nSPS) is 12.4. The SMILES string of the molecule is CN(C)CCC(Oc1ccccc1F)c1ccccc1. The molecule has 0 bridgehead atoms. The van der Waals surface area contributed by atoms with Crippen molar-refractivity contribution >= 4 is 0 Å². The fourth-order valence-electron chi connectivity index (χ4n) is 2.03. The van der Waals surface area contributed by atoms with Gasteiger partial charge in [0, 0.05) is 13.0 Å². The van der Waals surface area contributed by atoms with Crippen LogP contribution in [-0.2, 0) is 0 Å². The molecular formula is C17H20FNO. The van der Waals surface area contributed by atoms with Gasteiger partial charge >= 0.3 is 0 Å². The summed E-state index contributed by atoms with van der Waals surface area (Å²) in [4.78, 5) is 2.10. The van der Waals surface area contributed by atoms with E-state index in [0.29, 0.717) is 5.75 Å². The third-order valence-corrected chi connectivity index (χ3v) is 3.12. The van der Waals surface area contributed by atoms with Crippen LogP contribution in [-0.4, -0.2) is 25.5 Å². The molecule has 0 aliphatic rings. The number of rotatable bonds is 6. The Hall–Kier alpha value is -1.87. The molecule has 0 heterocycles. The maximum absolute atomic E-state index is 13.7. The van der Waals surface area contributed by atoms with Crippen molar-refractivity contribution in [1.29, 1.82) is 0 Å². The van der Waals surface area contributed by atoms with Crippen LogP contribution in [0.4, 0.5) is 4.39 Å². The van der Waals surface area contributed by atoms with Gasteiger partial charge in [0.05, 0.1) is 0 Å². The van der Waals surface area contributed by atoms with E-state index in [1.807, 2.05) is 44.4 Å². The lowest BCUT2D eigenvalue weighted by atomic mass is 10.1. The van der Waals surface area contributed by atoms with Crippen molar-refractivity contribution in [2.75, 3.05) is 20.6 Å². The number of halogens is 1. The molecule has 0 aliphatic carbocycles. The molecule has 0 fully saturated rings. The molecule has 0 aromatic heterocycles. The number of para-hydroxylation sites is 1. The largest absolute Gasteiger partial charge is 0.483 e. The van der Waals surface area contributed by atoms with Crippen LogP contribution in [0.1, 0.15) is 18.1 Å². The molecule has 0 saturated heterocycles. The lowest BCUT2D eigenvalue weighted by Gasteiger charge is -2.21. The van der Waals surface area contributed by atoms with E-state index in [0.717, 1.165) is 18.5 Å². The van der Waals surface area contributed by atoms with E-state index in [2.05, 4.69) is 4.90 Å². The standard InChI is InChI=1S/C17H20FNO/c1-19(2)13-12-16(14-8-4-3-5-9-14)20-17-11-7-6-10-15(17)18/h3-11,16H,12-13H2,1-2H3. The average molecular weight is 273 g/mol. The zero-order chi connectivity index (χ0) is 14.4. The minimum absolute atomic E-state index is 0.143. The first-order chi connectivity index (χ1) is 9.66. The molecule has 0 saturated carbocycles. The van der Waals surface area contributed by atoms with E-state index in [1.54, 1.807) is 18.2 Å². The van der Waals surface area contributed by atoms with Crippen LogP contribution in [0.2, 0.25) is 0 Å². The Labute approximate surface area is 119 Å². The van der Waals surface area contributed by atoms with Crippen molar-refractivity contribution < 1.29 is 9.13 Å². The molecule has 0 N–H and O–H groups in total.